The zero-order chi connectivity index (χ0) is 17.8. The summed E-state index contributed by atoms with van der Waals surface area (Å²) < 4.78 is 13.2. The second kappa shape index (κ2) is 7.44. The van der Waals surface area contributed by atoms with Crippen LogP contribution in [0.4, 0.5) is 15.8 Å². The molecule has 2 aromatic carbocycles. The maximum absolute atomic E-state index is 13.2. The van der Waals surface area contributed by atoms with Crippen LogP contribution in [0, 0.1) is 11.7 Å². The Bertz CT molecular complexity index is 790. The Kier molecular flexibility index (Phi) is 5.09. The second-order valence-electron chi connectivity index (χ2n) is 6.25. The number of rotatable bonds is 5. The summed E-state index contributed by atoms with van der Waals surface area (Å²) in [7, 11) is 0. The number of hydrogen-bond donors (Lipinski definition) is 3. The highest BCUT2D eigenvalue weighted by molar-refractivity contribution is 6.05. The molecule has 1 unspecified atom stereocenters. The first kappa shape index (κ1) is 17.1. The van der Waals surface area contributed by atoms with Crippen molar-refractivity contribution in [2.45, 2.75) is 25.3 Å². The first-order valence-corrected chi connectivity index (χ1v) is 8.26. The molecule has 1 aliphatic carbocycles. The lowest BCUT2D eigenvalue weighted by atomic mass is 9.80. The number of nitrogens with two attached hydrogens (primary N) is 1. The number of hydrogen-bond acceptors (Lipinski definition) is 3. The maximum Gasteiger partial charge on any atom is 0.255 e. The molecule has 2 amide bonds. The van der Waals surface area contributed by atoms with Crippen molar-refractivity contribution in [3.8, 4) is 0 Å². The molecule has 3 rings (SSSR count). The molecule has 0 bridgehead atoms. The van der Waals surface area contributed by atoms with Gasteiger partial charge >= 0.3 is 0 Å². The van der Waals surface area contributed by atoms with Gasteiger partial charge in [-0.25, -0.2) is 4.39 Å². The number of carbonyl (C=O) groups is 2. The smallest absolute Gasteiger partial charge is 0.255 e. The van der Waals surface area contributed by atoms with Gasteiger partial charge in [0.05, 0.1) is 6.04 Å². The van der Waals surface area contributed by atoms with E-state index >= 15 is 0 Å². The number of benzene rings is 2. The highest BCUT2D eigenvalue weighted by atomic mass is 19.1. The summed E-state index contributed by atoms with van der Waals surface area (Å²) in [6.45, 7) is 0. The number of carbonyl (C=O) groups excluding carboxylic acids is 2. The van der Waals surface area contributed by atoms with E-state index in [1.165, 1.54) is 18.2 Å². The van der Waals surface area contributed by atoms with Crippen LogP contribution in [0.5, 0.6) is 0 Å². The summed E-state index contributed by atoms with van der Waals surface area (Å²) >= 11 is 0. The van der Waals surface area contributed by atoms with E-state index in [1.807, 2.05) is 0 Å². The van der Waals surface area contributed by atoms with Crippen molar-refractivity contribution in [2.75, 3.05) is 10.6 Å². The van der Waals surface area contributed by atoms with Crippen LogP contribution in [0.25, 0.3) is 0 Å². The Labute approximate surface area is 145 Å². The predicted molar refractivity (Wildman–Crippen MR) is 94.7 cm³/mol. The van der Waals surface area contributed by atoms with Crippen molar-refractivity contribution in [1.82, 2.24) is 0 Å². The summed E-state index contributed by atoms with van der Waals surface area (Å²) in [4.78, 5) is 24.5. The monoisotopic (exact) mass is 341 g/mol. The van der Waals surface area contributed by atoms with E-state index < -0.39 is 11.9 Å². The fourth-order valence-corrected chi connectivity index (χ4v) is 2.75. The molecule has 1 atom stereocenters. The normalized spacial score (nSPS) is 15.1. The van der Waals surface area contributed by atoms with Gasteiger partial charge in [0.2, 0.25) is 5.91 Å². The molecular weight excluding hydrogens is 321 g/mol. The Balaban J connectivity index is 1.66. The zero-order valence-electron chi connectivity index (χ0n) is 13.7. The van der Waals surface area contributed by atoms with Crippen molar-refractivity contribution in [1.29, 1.82) is 0 Å². The highest BCUT2D eigenvalue weighted by Crippen LogP contribution is 2.29. The van der Waals surface area contributed by atoms with Gasteiger partial charge in [0, 0.05) is 16.9 Å². The molecule has 0 spiro atoms. The lowest BCUT2D eigenvalue weighted by molar-refractivity contribution is -0.119. The third-order valence-corrected chi connectivity index (χ3v) is 4.44. The van der Waals surface area contributed by atoms with Gasteiger partial charge in [-0.3, -0.25) is 9.59 Å². The third-order valence-electron chi connectivity index (χ3n) is 4.44. The van der Waals surface area contributed by atoms with Gasteiger partial charge in [-0.2, -0.15) is 0 Å². The maximum atomic E-state index is 13.2. The predicted octanol–water partition coefficient (Wildman–Crippen LogP) is 3.14. The topological polar surface area (TPSA) is 84.2 Å². The van der Waals surface area contributed by atoms with Gasteiger partial charge in [-0.05, 0) is 55.2 Å². The Morgan fingerprint density at radius 3 is 2.36 bits per heavy atom. The van der Waals surface area contributed by atoms with Crippen molar-refractivity contribution in [3.05, 3.63) is 59.9 Å². The summed E-state index contributed by atoms with van der Waals surface area (Å²) in [6.07, 6.45) is 3.07. The summed E-state index contributed by atoms with van der Waals surface area (Å²) in [5.74, 6) is -0.819. The van der Waals surface area contributed by atoms with Crippen molar-refractivity contribution < 1.29 is 14.0 Å². The minimum atomic E-state index is -0.529. The SMILES string of the molecule is NC(C(=O)Nc1cccc(C(=O)Nc2cccc(F)c2)c1)C1CCC1. The van der Waals surface area contributed by atoms with Crippen molar-refractivity contribution in [2.24, 2.45) is 11.7 Å². The zero-order valence-corrected chi connectivity index (χ0v) is 13.7. The molecule has 0 aromatic heterocycles. The van der Waals surface area contributed by atoms with Crippen molar-refractivity contribution in [3.63, 3.8) is 0 Å². The fraction of sp³-hybridized carbons (Fsp3) is 0.263. The van der Waals surface area contributed by atoms with Gasteiger partial charge in [-0.15, -0.1) is 0 Å². The van der Waals surface area contributed by atoms with Gasteiger partial charge in [-0.1, -0.05) is 18.6 Å². The quantitative estimate of drug-likeness (QED) is 0.781. The van der Waals surface area contributed by atoms with E-state index in [-0.39, 0.29) is 17.7 Å². The van der Waals surface area contributed by atoms with Crippen LogP contribution >= 0.6 is 0 Å². The molecule has 0 radical (unpaired) electrons. The Hall–Kier alpha value is -2.73. The standard InChI is InChI=1S/C19H20FN3O2/c20-14-7-3-9-16(11-14)22-18(24)13-6-2-8-15(10-13)23-19(25)17(21)12-4-1-5-12/h2-3,6-12,17H,1,4-5,21H2,(H,22,24)(H,23,25). The molecule has 130 valence electrons. The summed E-state index contributed by atoms with van der Waals surface area (Å²) in [6, 6.07) is 11.7. The van der Waals surface area contributed by atoms with E-state index in [0.29, 0.717) is 16.9 Å². The lowest BCUT2D eigenvalue weighted by Gasteiger charge is -2.30. The van der Waals surface area contributed by atoms with E-state index in [1.54, 1.807) is 30.3 Å². The number of halogens is 1. The Morgan fingerprint density at radius 1 is 1.04 bits per heavy atom. The molecular formula is C19H20FN3O2. The van der Waals surface area contributed by atoms with E-state index in [0.717, 1.165) is 19.3 Å². The molecule has 1 fully saturated rings. The van der Waals surface area contributed by atoms with E-state index in [9.17, 15) is 14.0 Å². The largest absolute Gasteiger partial charge is 0.325 e. The summed E-state index contributed by atoms with van der Waals surface area (Å²) in [5, 5.41) is 5.38. The van der Waals surface area contributed by atoms with Crippen LogP contribution in [-0.2, 0) is 4.79 Å². The number of amides is 2. The average Bonchev–Trinajstić information content (AvgIpc) is 2.53. The van der Waals surface area contributed by atoms with Gasteiger partial charge in [0.25, 0.3) is 5.91 Å². The summed E-state index contributed by atoms with van der Waals surface area (Å²) in [5.41, 5.74) is 7.19. The van der Waals surface area contributed by atoms with E-state index in [4.69, 9.17) is 5.73 Å². The molecule has 0 saturated heterocycles. The molecule has 6 heteroatoms. The first-order chi connectivity index (χ1) is 12.0. The molecule has 2 aromatic rings. The van der Waals surface area contributed by atoms with Crippen LogP contribution in [0.2, 0.25) is 0 Å². The molecule has 4 N–H and O–H groups in total. The van der Waals surface area contributed by atoms with Crippen LogP contribution in [0.1, 0.15) is 29.6 Å². The number of anilines is 2. The molecule has 0 aliphatic heterocycles. The molecule has 0 heterocycles. The Morgan fingerprint density at radius 2 is 1.72 bits per heavy atom. The molecule has 5 nitrogen and oxygen atoms in total. The van der Waals surface area contributed by atoms with Crippen molar-refractivity contribution >= 4 is 23.2 Å². The first-order valence-electron chi connectivity index (χ1n) is 8.26. The fourth-order valence-electron chi connectivity index (χ4n) is 2.75. The molecule has 25 heavy (non-hydrogen) atoms. The second-order valence-corrected chi connectivity index (χ2v) is 6.25. The van der Waals surface area contributed by atoms with Gasteiger partial charge < -0.3 is 16.4 Å². The van der Waals surface area contributed by atoms with Gasteiger partial charge in [0.1, 0.15) is 5.82 Å². The van der Waals surface area contributed by atoms with Gasteiger partial charge in [0.15, 0.2) is 0 Å². The van der Waals surface area contributed by atoms with Crippen LogP contribution < -0.4 is 16.4 Å². The van der Waals surface area contributed by atoms with E-state index in [2.05, 4.69) is 10.6 Å². The van der Waals surface area contributed by atoms with Crippen LogP contribution in [0.3, 0.4) is 0 Å². The van der Waals surface area contributed by atoms with Crippen LogP contribution in [-0.4, -0.2) is 17.9 Å². The highest BCUT2D eigenvalue weighted by Gasteiger charge is 2.29. The minimum Gasteiger partial charge on any atom is -0.325 e. The lowest BCUT2D eigenvalue weighted by Crippen LogP contribution is -2.44. The van der Waals surface area contributed by atoms with Crippen LogP contribution in [0.15, 0.2) is 48.5 Å². The molecule has 1 aliphatic rings. The number of nitrogens with one attached hydrogen (secondary N) is 2. The minimum absolute atomic E-state index is 0.236. The average molecular weight is 341 g/mol. The molecule has 1 saturated carbocycles. The third kappa shape index (κ3) is 4.22.